The molecule has 124 valence electrons. The summed E-state index contributed by atoms with van der Waals surface area (Å²) in [4.78, 5) is 24.8. The van der Waals surface area contributed by atoms with Gasteiger partial charge in [0.2, 0.25) is 10.0 Å². The van der Waals surface area contributed by atoms with Gasteiger partial charge in [0.15, 0.2) is 0 Å². The Hall–Kier alpha value is -2.51. The second kappa shape index (κ2) is 5.85. The van der Waals surface area contributed by atoms with Crippen molar-refractivity contribution < 1.29 is 18.0 Å². The Labute approximate surface area is 140 Å². The smallest absolute Gasteiger partial charge is 0.261 e. The summed E-state index contributed by atoms with van der Waals surface area (Å²) in [5.74, 6) is -0.923. The van der Waals surface area contributed by atoms with Crippen molar-refractivity contribution in [1.82, 2.24) is 9.62 Å². The van der Waals surface area contributed by atoms with E-state index in [-0.39, 0.29) is 16.0 Å². The van der Waals surface area contributed by atoms with Crippen molar-refractivity contribution in [2.24, 2.45) is 0 Å². The second-order valence-corrected chi connectivity index (χ2v) is 7.34. The zero-order valence-corrected chi connectivity index (χ0v) is 14.0. The van der Waals surface area contributed by atoms with Crippen LogP contribution in [-0.4, -0.2) is 32.2 Å². The topological polar surface area (TPSA) is 83.6 Å². The molecule has 2 aromatic rings. The lowest BCUT2D eigenvalue weighted by Crippen LogP contribution is -2.27. The van der Waals surface area contributed by atoms with Crippen LogP contribution in [0.5, 0.6) is 0 Å². The van der Waals surface area contributed by atoms with E-state index in [1.165, 1.54) is 25.2 Å². The first kappa shape index (κ1) is 16.4. The highest BCUT2D eigenvalue weighted by Crippen LogP contribution is 2.25. The van der Waals surface area contributed by atoms with Crippen molar-refractivity contribution in [3.8, 4) is 0 Å². The number of nitrogens with zero attached hydrogens (tertiary/aromatic N) is 1. The molecule has 1 atom stereocenters. The number of hydrogen-bond donors (Lipinski definition) is 1. The third-order valence-corrected chi connectivity index (χ3v) is 5.54. The fourth-order valence-electron chi connectivity index (χ4n) is 2.62. The third-order valence-electron chi connectivity index (χ3n) is 4.00. The first-order valence-electron chi connectivity index (χ1n) is 7.35. The van der Waals surface area contributed by atoms with Gasteiger partial charge in [0.25, 0.3) is 11.8 Å². The number of carbonyl (C=O) groups is 2. The van der Waals surface area contributed by atoms with Gasteiger partial charge in [-0.25, -0.2) is 13.1 Å². The SMILES string of the molecule is CC(NS(=O)(=O)c1ccc2c(c1)C(=O)N(C)C2=O)c1ccccc1. The van der Waals surface area contributed by atoms with Gasteiger partial charge in [0.05, 0.1) is 16.0 Å². The Bertz CT molecular complexity index is 923. The van der Waals surface area contributed by atoms with Gasteiger partial charge < -0.3 is 0 Å². The van der Waals surface area contributed by atoms with E-state index < -0.39 is 27.9 Å². The van der Waals surface area contributed by atoms with Crippen LogP contribution in [-0.2, 0) is 10.0 Å². The molecule has 0 saturated heterocycles. The monoisotopic (exact) mass is 344 g/mol. The summed E-state index contributed by atoms with van der Waals surface area (Å²) in [6, 6.07) is 12.7. The molecule has 0 saturated carbocycles. The molecule has 2 amide bonds. The van der Waals surface area contributed by atoms with Gasteiger partial charge in [0.1, 0.15) is 0 Å². The van der Waals surface area contributed by atoms with E-state index in [0.717, 1.165) is 10.5 Å². The number of benzene rings is 2. The zero-order valence-electron chi connectivity index (χ0n) is 13.2. The van der Waals surface area contributed by atoms with Crippen LogP contribution in [0.25, 0.3) is 0 Å². The lowest BCUT2D eigenvalue weighted by Gasteiger charge is -2.15. The molecule has 0 radical (unpaired) electrons. The number of sulfonamides is 1. The van der Waals surface area contributed by atoms with E-state index in [1.807, 2.05) is 30.3 Å². The van der Waals surface area contributed by atoms with Crippen molar-refractivity contribution in [2.45, 2.75) is 17.9 Å². The van der Waals surface area contributed by atoms with E-state index in [0.29, 0.717) is 0 Å². The molecule has 6 nitrogen and oxygen atoms in total. The van der Waals surface area contributed by atoms with Crippen LogP contribution in [0.3, 0.4) is 0 Å². The molecule has 3 rings (SSSR count). The predicted octanol–water partition coefficient (Wildman–Crippen LogP) is 1.95. The summed E-state index contributed by atoms with van der Waals surface area (Å²) in [6.45, 7) is 1.74. The highest BCUT2D eigenvalue weighted by Gasteiger charge is 2.34. The molecule has 1 unspecified atom stereocenters. The van der Waals surface area contributed by atoms with Crippen LogP contribution in [0, 0.1) is 0 Å². The molecule has 7 heteroatoms. The second-order valence-electron chi connectivity index (χ2n) is 5.63. The van der Waals surface area contributed by atoms with Gasteiger partial charge in [-0.3, -0.25) is 14.5 Å². The average molecular weight is 344 g/mol. The van der Waals surface area contributed by atoms with Gasteiger partial charge >= 0.3 is 0 Å². The Morgan fingerprint density at radius 3 is 2.25 bits per heavy atom. The van der Waals surface area contributed by atoms with Crippen molar-refractivity contribution in [3.63, 3.8) is 0 Å². The summed E-state index contributed by atoms with van der Waals surface area (Å²) in [7, 11) is -2.45. The lowest BCUT2D eigenvalue weighted by molar-refractivity contribution is 0.0693. The number of nitrogens with one attached hydrogen (secondary N) is 1. The molecule has 0 spiro atoms. The minimum atomic E-state index is -3.82. The van der Waals surface area contributed by atoms with Crippen molar-refractivity contribution in [1.29, 1.82) is 0 Å². The lowest BCUT2D eigenvalue weighted by atomic mass is 10.1. The first-order chi connectivity index (χ1) is 11.3. The average Bonchev–Trinajstić information content (AvgIpc) is 2.79. The van der Waals surface area contributed by atoms with Crippen LogP contribution in [0.1, 0.15) is 39.2 Å². The van der Waals surface area contributed by atoms with Crippen LogP contribution in [0.2, 0.25) is 0 Å². The Balaban J connectivity index is 1.92. The molecular weight excluding hydrogens is 328 g/mol. The molecule has 0 aliphatic carbocycles. The molecule has 1 N–H and O–H groups in total. The first-order valence-corrected chi connectivity index (χ1v) is 8.83. The van der Waals surface area contributed by atoms with Gasteiger partial charge in [-0.05, 0) is 30.7 Å². The zero-order chi connectivity index (χ0) is 17.5. The van der Waals surface area contributed by atoms with E-state index in [9.17, 15) is 18.0 Å². The molecule has 0 bridgehead atoms. The summed E-state index contributed by atoms with van der Waals surface area (Å²) in [5, 5.41) is 0. The van der Waals surface area contributed by atoms with Crippen LogP contribution in [0.4, 0.5) is 0 Å². The Morgan fingerprint density at radius 1 is 0.958 bits per heavy atom. The van der Waals surface area contributed by atoms with Crippen LogP contribution >= 0.6 is 0 Å². The molecule has 0 fully saturated rings. The summed E-state index contributed by atoms with van der Waals surface area (Å²) in [6.07, 6.45) is 0. The molecule has 0 aromatic heterocycles. The van der Waals surface area contributed by atoms with Gasteiger partial charge in [-0.2, -0.15) is 0 Å². The molecule has 1 aliphatic heterocycles. The third kappa shape index (κ3) is 2.72. The van der Waals surface area contributed by atoms with E-state index >= 15 is 0 Å². The van der Waals surface area contributed by atoms with Crippen LogP contribution < -0.4 is 4.72 Å². The Morgan fingerprint density at radius 2 is 1.58 bits per heavy atom. The normalized spacial score (nSPS) is 15.5. The quantitative estimate of drug-likeness (QED) is 0.859. The standard InChI is InChI=1S/C17H16N2O4S/c1-11(12-6-4-3-5-7-12)18-24(22,23)13-8-9-14-15(10-13)17(21)19(2)16(14)20/h3-11,18H,1-2H3. The molecule has 1 heterocycles. The minimum Gasteiger partial charge on any atom is -0.277 e. The highest BCUT2D eigenvalue weighted by atomic mass is 32.2. The molecule has 2 aromatic carbocycles. The van der Waals surface area contributed by atoms with Crippen molar-refractivity contribution in [2.75, 3.05) is 7.05 Å². The maximum absolute atomic E-state index is 12.6. The maximum Gasteiger partial charge on any atom is 0.261 e. The number of fused-ring (bicyclic) bond motifs is 1. The largest absolute Gasteiger partial charge is 0.277 e. The fraction of sp³-hybridized carbons (Fsp3) is 0.176. The van der Waals surface area contributed by atoms with E-state index in [2.05, 4.69) is 4.72 Å². The molecule has 1 aliphatic rings. The number of rotatable bonds is 4. The minimum absolute atomic E-state index is 0.0412. The van der Waals surface area contributed by atoms with Gasteiger partial charge in [-0.1, -0.05) is 30.3 Å². The number of hydrogen-bond acceptors (Lipinski definition) is 4. The number of amides is 2. The maximum atomic E-state index is 12.6. The Kier molecular flexibility index (Phi) is 3.98. The summed E-state index contributed by atoms with van der Waals surface area (Å²) in [5.41, 5.74) is 1.16. The van der Waals surface area contributed by atoms with Gasteiger partial charge in [0, 0.05) is 13.1 Å². The van der Waals surface area contributed by atoms with Gasteiger partial charge in [-0.15, -0.1) is 0 Å². The van der Waals surface area contributed by atoms with Crippen LogP contribution in [0.15, 0.2) is 53.4 Å². The van der Waals surface area contributed by atoms with Crippen molar-refractivity contribution in [3.05, 3.63) is 65.2 Å². The summed E-state index contributed by atoms with van der Waals surface area (Å²) < 4.78 is 27.7. The van der Waals surface area contributed by atoms with E-state index in [1.54, 1.807) is 6.92 Å². The van der Waals surface area contributed by atoms with E-state index in [4.69, 9.17) is 0 Å². The predicted molar refractivity (Wildman–Crippen MR) is 88.0 cm³/mol. The summed E-state index contributed by atoms with van der Waals surface area (Å²) >= 11 is 0. The highest BCUT2D eigenvalue weighted by molar-refractivity contribution is 7.89. The molecular formula is C17H16N2O4S. The number of imide groups is 1. The number of carbonyl (C=O) groups excluding carboxylic acids is 2. The van der Waals surface area contributed by atoms with Crippen molar-refractivity contribution >= 4 is 21.8 Å². The fourth-order valence-corrected chi connectivity index (χ4v) is 3.88. The molecule has 24 heavy (non-hydrogen) atoms.